The minimum Gasteiger partial charge on any atom is -0.455 e. The Kier molecular flexibility index (Phi) is 11.6. The molecule has 1 aromatic heterocycles. The Bertz CT molecular complexity index is 1060. The molecule has 2 aliphatic rings. The highest BCUT2D eigenvalue weighted by Crippen LogP contribution is 2.27. The number of nitrogens with one attached hydrogen (secondary N) is 1. The number of benzene rings is 1. The molecule has 220 valence electrons. The van der Waals surface area contributed by atoms with Crippen LogP contribution in [0.4, 0.5) is 4.39 Å². The lowest BCUT2D eigenvalue weighted by atomic mass is 9.94. The fourth-order valence-electron chi connectivity index (χ4n) is 5.70. The van der Waals surface area contributed by atoms with E-state index in [1.165, 1.54) is 18.6 Å². The van der Waals surface area contributed by atoms with Gasteiger partial charge in [0, 0.05) is 25.7 Å². The smallest absolute Gasteiger partial charge is 0.290 e. The van der Waals surface area contributed by atoms with Crippen LogP contribution >= 0.6 is 0 Å². The second-order valence-electron chi connectivity index (χ2n) is 10.8. The molecule has 1 aliphatic carbocycles. The molecule has 2 aromatic rings. The van der Waals surface area contributed by atoms with E-state index in [1.807, 2.05) is 6.07 Å². The largest absolute Gasteiger partial charge is 0.455 e. The molecule has 9 heteroatoms. The number of hydrogen-bond donors (Lipinski definition) is 1. The van der Waals surface area contributed by atoms with Crippen LogP contribution in [0.15, 0.2) is 40.8 Å². The topological polar surface area (TPSA) is 78.3 Å². The van der Waals surface area contributed by atoms with Crippen molar-refractivity contribution in [3.05, 3.63) is 59.3 Å². The van der Waals surface area contributed by atoms with Gasteiger partial charge in [-0.3, -0.25) is 14.5 Å². The first-order valence-corrected chi connectivity index (χ1v) is 15.0. The van der Waals surface area contributed by atoms with E-state index in [1.54, 1.807) is 23.1 Å². The zero-order valence-electron chi connectivity index (χ0n) is 24.1. The second kappa shape index (κ2) is 15.3. The molecule has 2 fully saturated rings. The van der Waals surface area contributed by atoms with Crippen molar-refractivity contribution in [2.45, 2.75) is 71.0 Å². The number of morpholine rings is 1. The van der Waals surface area contributed by atoms with Gasteiger partial charge < -0.3 is 24.3 Å². The Hall–Kier alpha value is -2.75. The van der Waals surface area contributed by atoms with Gasteiger partial charge in [-0.1, -0.05) is 45.2 Å². The van der Waals surface area contributed by atoms with Crippen molar-refractivity contribution in [1.29, 1.82) is 0 Å². The van der Waals surface area contributed by atoms with E-state index < -0.39 is 6.04 Å². The number of ether oxygens (including phenoxy) is 1. The van der Waals surface area contributed by atoms with E-state index in [4.69, 9.17) is 9.15 Å². The minimum absolute atomic E-state index is 0.0839. The van der Waals surface area contributed by atoms with Crippen molar-refractivity contribution >= 4 is 11.8 Å². The van der Waals surface area contributed by atoms with Crippen LogP contribution in [0.3, 0.4) is 0 Å². The maximum atomic E-state index is 14.1. The number of carbonyl (C=O) groups is 2. The normalized spacial score (nSPS) is 17.6. The summed E-state index contributed by atoms with van der Waals surface area (Å²) < 4.78 is 25.4. The molecule has 8 nitrogen and oxygen atoms in total. The zero-order valence-corrected chi connectivity index (χ0v) is 24.1. The number of hydrogen-bond acceptors (Lipinski definition) is 6. The Labute approximate surface area is 237 Å². The molecule has 40 heavy (non-hydrogen) atoms. The van der Waals surface area contributed by atoms with Gasteiger partial charge in [0.25, 0.3) is 5.91 Å². The molecule has 1 saturated heterocycles. The molecule has 1 aliphatic heterocycles. The van der Waals surface area contributed by atoms with Crippen LogP contribution in [0, 0.1) is 5.82 Å². The molecule has 1 atom stereocenters. The van der Waals surface area contributed by atoms with Crippen molar-refractivity contribution in [3.63, 3.8) is 0 Å². The van der Waals surface area contributed by atoms with Crippen LogP contribution in [-0.4, -0.2) is 85.0 Å². The minimum atomic E-state index is -0.889. The summed E-state index contributed by atoms with van der Waals surface area (Å²) in [6, 6.07) is 8.65. The van der Waals surface area contributed by atoms with Crippen LogP contribution in [0.25, 0.3) is 0 Å². The molecule has 0 bridgehead atoms. The summed E-state index contributed by atoms with van der Waals surface area (Å²) in [5.74, 6) is -0.0221. The van der Waals surface area contributed by atoms with Crippen molar-refractivity contribution < 1.29 is 23.1 Å². The van der Waals surface area contributed by atoms with Crippen LogP contribution in [0.2, 0.25) is 0 Å². The molecule has 0 radical (unpaired) electrons. The zero-order chi connectivity index (χ0) is 28.3. The van der Waals surface area contributed by atoms with Crippen LogP contribution in [0.5, 0.6) is 0 Å². The maximum Gasteiger partial charge on any atom is 0.290 e. The maximum absolute atomic E-state index is 14.1. The quantitative estimate of drug-likeness (QED) is 0.388. The highest BCUT2D eigenvalue weighted by atomic mass is 19.1. The molecule has 0 unspecified atom stereocenters. The van der Waals surface area contributed by atoms with Gasteiger partial charge >= 0.3 is 0 Å². The van der Waals surface area contributed by atoms with E-state index in [-0.39, 0.29) is 29.4 Å². The number of carbonyl (C=O) groups excluding carboxylic acids is 2. The number of amides is 2. The number of nitrogens with zero attached hydrogens (tertiary/aromatic N) is 3. The molecule has 4 rings (SSSR count). The third-order valence-electron chi connectivity index (χ3n) is 8.08. The highest BCUT2D eigenvalue weighted by Gasteiger charge is 2.34. The summed E-state index contributed by atoms with van der Waals surface area (Å²) in [5.41, 5.74) is 0.589. The van der Waals surface area contributed by atoms with Gasteiger partial charge in [0.1, 0.15) is 17.6 Å². The second-order valence-corrected chi connectivity index (χ2v) is 10.8. The van der Waals surface area contributed by atoms with Gasteiger partial charge in [0.05, 0.1) is 19.8 Å². The Morgan fingerprint density at radius 2 is 1.70 bits per heavy atom. The SMILES string of the molecule is CCN(CC)CCCN(C(=O)c1ccc(CN2CCOCC2)o1)[C@H](C(=O)NC1CCCCC1)c1ccc(F)cc1. The summed E-state index contributed by atoms with van der Waals surface area (Å²) in [7, 11) is 0. The molecular formula is C31H45FN4O4. The van der Waals surface area contributed by atoms with E-state index in [0.717, 1.165) is 58.4 Å². The van der Waals surface area contributed by atoms with Crippen LogP contribution in [-0.2, 0) is 16.1 Å². The number of rotatable bonds is 13. The number of halogens is 1. The first-order valence-electron chi connectivity index (χ1n) is 15.0. The third kappa shape index (κ3) is 8.38. The summed E-state index contributed by atoms with van der Waals surface area (Å²) in [4.78, 5) is 34.1. The fraction of sp³-hybridized carbons (Fsp3) is 0.613. The molecule has 0 spiro atoms. The first kappa shape index (κ1) is 30.2. The van der Waals surface area contributed by atoms with Gasteiger partial charge in [-0.2, -0.15) is 0 Å². The van der Waals surface area contributed by atoms with Crippen molar-refractivity contribution in [3.8, 4) is 0 Å². The summed E-state index contributed by atoms with van der Waals surface area (Å²) in [6.45, 7) is 10.8. The van der Waals surface area contributed by atoms with Crippen LogP contribution in [0.1, 0.15) is 80.3 Å². The van der Waals surface area contributed by atoms with Crippen molar-refractivity contribution in [2.24, 2.45) is 0 Å². The average Bonchev–Trinajstić information content (AvgIpc) is 3.44. The highest BCUT2D eigenvalue weighted by molar-refractivity contribution is 5.96. The standard InChI is InChI=1S/C31H45FN4O4/c1-3-34(4-2)17-8-18-36(31(38)28-16-15-27(40-28)23-35-19-21-39-22-20-35)29(24-11-13-25(32)14-12-24)30(37)33-26-9-6-5-7-10-26/h11-16,26,29H,3-10,17-23H2,1-2H3,(H,33,37)/t29-/m0/s1. The summed E-state index contributed by atoms with van der Waals surface area (Å²) >= 11 is 0. The molecule has 2 heterocycles. The summed E-state index contributed by atoms with van der Waals surface area (Å²) in [5, 5.41) is 3.21. The molecule has 1 saturated carbocycles. The molecule has 1 aromatic carbocycles. The summed E-state index contributed by atoms with van der Waals surface area (Å²) in [6.07, 6.45) is 5.90. The van der Waals surface area contributed by atoms with Gasteiger partial charge in [-0.15, -0.1) is 0 Å². The Morgan fingerprint density at radius 3 is 2.38 bits per heavy atom. The van der Waals surface area contributed by atoms with Gasteiger partial charge in [0.2, 0.25) is 5.91 Å². The van der Waals surface area contributed by atoms with Crippen molar-refractivity contribution in [1.82, 2.24) is 20.0 Å². The predicted molar refractivity (Wildman–Crippen MR) is 152 cm³/mol. The van der Waals surface area contributed by atoms with E-state index in [2.05, 4.69) is 29.0 Å². The van der Waals surface area contributed by atoms with E-state index in [0.29, 0.717) is 44.0 Å². The Balaban J connectivity index is 1.60. The fourth-order valence-corrected chi connectivity index (χ4v) is 5.70. The average molecular weight is 557 g/mol. The first-order chi connectivity index (χ1) is 19.5. The molecule has 1 N–H and O–H groups in total. The Morgan fingerprint density at radius 1 is 1.00 bits per heavy atom. The lowest BCUT2D eigenvalue weighted by Gasteiger charge is -2.33. The lowest BCUT2D eigenvalue weighted by Crippen LogP contribution is -2.47. The van der Waals surface area contributed by atoms with Gasteiger partial charge in [0.15, 0.2) is 5.76 Å². The molecular weight excluding hydrogens is 511 g/mol. The predicted octanol–water partition coefficient (Wildman–Crippen LogP) is 4.62. The van der Waals surface area contributed by atoms with Crippen molar-refractivity contribution in [2.75, 3.05) is 52.5 Å². The third-order valence-corrected chi connectivity index (χ3v) is 8.08. The number of furan rings is 1. The lowest BCUT2D eigenvalue weighted by molar-refractivity contribution is -0.127. The van der Waals surface area contributed by atoms with Gasteiger partial charge in [-0.05, 0) is 68.7 Å². The molecule has 2 amide bonds. The van der Waals surface area contributed by atoms with Crippen LogP contribution < -0.4 is 5.32 Å². The van der Waals surface area contributed by atoms with Gasteiger partial charge in [-0.25, -0.2) is 4.39 Å². The monoisotopic (exact) mass is 556 g/mol. The van der Waals surface area contributed by atoms with E-state index >= 15 is 0 Å². The van der Waals surface area contributed by atoms with E-state index in [9.17, 15) is 14.0 Å².